The first kappa shape index (κ1) is 13.6. The molecule has 3 heteroatoms. The molecule has 0 saturated heterocycles. The lowest BCUT2D eigenvalue weighted by Crippen LogP contribution is -2.47. The Hall–Kier alpha value is -1.38. The van der Waals surface area contributed by atoms with Crippen LogP contribution in [0, 0.1) is 5.82 Å². The minimum atomic E-state index is -0.372. The zero-order valence-electron chi connectivity index (χ0n) is 11.2. The summed E-state index contributed by atoms with van der Waals surface area (Å²) in [6, 6.07) is 13.2. The number of fused-ring (bicyclic) bond motifs is 1. The highest BCUT2D eigenvalue weighted by Crippen LogP contribution is 2.30. The van der Waals surface area contributed by atoms with Gasteiger partial charge in [-0.15, -0.1) is 0 Å². The van der Waals surface area contributed by atoms with E-state index in [0.717, 1.165) is 19.3 Å². The van der Waals surface area contributed by atoms with Crippen LogP contribution in [0.3, 0.4) is 0 Å². The molecule has 0 amide bonds. The summed E-state index contributed by atoms with van der Waals surface area (Å²) >= 11 is 5.79. The molecule has 0 aromatic heterocycles. The van der Waals surface area contributed by atoms with Gasteiger partial charge in [-0.2, -0.15) is 0 Å². The van der Waals surface area contributed by atoms with Crippen LogP contribution in [0.1, 0.15) is 23.1 Å². The van der Waals surface area contributed by atoms with Crippen LogP contribution in [0.2, 0.25) is 5.02 Å². The van der Waals surface area contributed by atoms with Crippen LogP contribution in [0.5, 0.6) is 0 Å². The van der Waals surface area contributed by atoms with E-state index >= 15 is 0 Å². The van der Waals surface area contributed by atoms with Crippen molar-refractivity contribution in [1.82, 2.24) is 0 Å². The summed E-state index contributed by atoms with van der Waals surface area (Å²) in [4.78, 5) is 0. The highest BCUT2D eigenvalue weighted by molar-refractivity contribution is 6.30. The molecule has 20 heavy (non-hydrogen) atoms. The Labute approximate surface area is 123 Å². The van der Waals surface area contributed by atoms with Crippen molar-refractivity contribution in [1.29, 1.82) is 0 Å². The normalized spacial score (nSPS) is 21.6. The van der Waals surface area contributed by atoms with Crippen molar-refractivity contribution in [3.05, 3.63) is 70.0 Å². The smallest absolute Gasteiger partial charge is 0.127 e. The van der Waals surface area contributed by atoms with Crippen molar-refractivity contribution in [2.75, 3.05) is 0 Å². The maximum Gasteiger partial charge on any atom is 0.127 e. The molecule has 2 aromatic rings. The van der Waals surface area contributed by atoms with E-state index in [9.17, 15) is 4.39 Å². The SMILES string of the molecule is NC1(Cc2ccc(Cl)cc2F)CCc2ccccc2C1. The number of nitrogens with two attached hydrogens (primary N) is 1. The molecule has 0 radical (unpaired) electrons. The molecule has 1 atom stereocenters. The predicted octanol–water partition coefficient (Wildman–Crippen LogP) is 3.91. The Morgan fingerprint density at radius 1 is 1.15 bits per heavy atom. The zero-order chi connectivity index (χ0) is 14.2. The lowest BCUT2D eigenvalue weighted by molar-refractivity contribution is 0.364. The van der Waals surface area contributed by atoms with E-state index in [1.165, 1.54) is 17.2 Å². The van der Waals surface area contributed by atoms with Crippen molar-refractivity contribution in [3.63, 3.8) is 0 Å². The van der Waals surface area contributed by atoms with Gasteiger partial charge in [-0.25, -0.2) is 4.39 Å². The van der Waals surface area contributed by atoms with E-state index in [-0.39, 0.29) is 11.4 Å². The average Bonchev–Trinajstić information content (AvgIpc) is 2.42. The molecule has 0 heterocycles. The van der Waals surface area contributed by atoms with Crippen molar-refractivity contribution in [2.24, 2.45) is 5.73 Å². The number of rotatable bonds is 2. The second-order valence-corrected chi connectivity index (χ2v) is 6.16. The van der Waals surface area contributed by atoms with E-state index < -0.39 is 0 Å². The fourth-order valence-electron chi connectivity index (χ4n) is 3.02. The Morgan fingerprint density at radius 2 is 1.90 bits per heavy atom. The maximum atomic E-state index is 13.9. The van der Waals surface area contributed by atoms with Gasteiger partial charge in [-0.1, -0.05) is 41.9 Å². The molecule has 0 saturated carbocycles. The van der Waals surface area contributed by atoms with Gasteiger partial charge < -0.3 is 5.73 Å². The first-order valence-electron chi connectivity index (χ1n) is 6.85. The summed E-state index contributed by atoms with van der Waals surface area (Å²) in [5.41, 5.74) is 9.44. The summed E-state index contributed by atoms with van der Waals surface area (Å²) in [5, 5.41) is 0.423. The number of hydrogen-bond donors (Lipinski definition) is 1. The molecule has 1 aliphatic carbocycles. The number of aryl methyl sites for hydroxylation is 1. The van der Waals surface area contributed by atoms with Crippen LogP contribution in [0.15, 0.2) is 42.5 Å². The third kappa shape index (κ3) is 2.72. The molecule has 0 spiro atoms. The van der Waals surface area contributed by atoms with Gasteiger partial charge in [0.2, 0.25) is 0 Å². The van der Waals surface area contributed by atoms with E-state index in [2.05, 4.69) is 18.2 Å². The van der Waals surface area contributed by atoms with Crippen molar-refractivity contribution < 1.29 is 4.39 Å². The number of halogens is 2. The van der Waals surface area contributed by atoms with E-state index in [4.69, 9.17) is 17.3 Å². The Kier molecular flexibility index (Phi) is 3.53. The van der Waals surface area contributed by atoms with Gasteiger partial charge in [0, 0.05) is 10.6 Å². The quantitative estimate of drug-likeness (QED) is 0.891. The second-order valence-electron chi connectivity index (χ2n) is 5.72. The van der Waals surface area contributed by atoms with Crippen LogP contribution in [-0.4, -0.2) is 5.54 Å². The highest BCUT2D eigenvalue weighted by atomic mass is 35.5. The molecule has 1 aliphatic rings. The van der Waals surface area contributed by atoms with Crippen LogP contribution in [0.25, 0.3) is 0 Å². The summed E-state index contributed by atoms with van der Waals surface area (Å²) in [6.45, 7) is 0. The van der Waals surface area contributed by atoms with Crippen LogP contribution >= 0.6 is 11.6 Å². The van der Waals surface area contributed by atoms with Crippen molar-refractivity contribution in [2.45, 2.75) is 31.2 Å². The molecular weight excluding hydrogens is 273 g/mol. The lowest BCUT2D eigenvalue weighted by Gasteiger charge is -2.35. The van der Waals surface area contributed by atoms with Crippen LogP contribution in [-0.2, 0) is 19.3 Å². The van der Waals surface area contributed by atoms with Crippen molar-refractivity contribution >= 4 is 11.6 Å². The summed E-state index contributed by atoms with van der Waals surface area (Å²) in [6.07, 6.45) is 3.18. The molecule has 0 aliphatic heterocycles. The van der Waals surface area contributed by atoms with Gasteiger partial charge in [0.15, 0.2) is 0 Å². The van der Waals surface area contributed by atoms with E-state index in [1.807, 2.05) is 6.07 Å². The van der Waals surface area contributed by atoms with Gasteiger partial charge in [0.1, 0.15) is 5.82 Å². The maximum absolute atomic E-state index is 13.9. The molecule has 0 bridgehead atoms. The summed E-state index contributed by atoms with van der Waals surface area (Å²) < 4.78 is 13.9. The van der Waals surface area contributed by atoms with E-state index in [0.29, 0.717) is 17.0 Å². The molecular formula is C17H17ClFN. The minimum absolute atomic E-state index is 0.263. The zero-order valence-corrected chi connectivity index (χ0v) is 12.0. The minimum Gasteiger partial charge on any atom is -0.324 e. The fourth-order valence-corrected chi connectivity index (χ4v) is 3.18. The van der Waals surface area contributed by atoms with Crippen LogP contribution in [0.4, 0.5) is 4.39 Å². The van der Waals surface area contributed by atoms with Gasteiger partial charge in [0.05, 0.1) is 0 Å². The first-order valence-corrected chi connectivity index (χ1v) is 7.23. The number of hydrogen-bond acceptors (Lipinski definition) is 1. The van der Waals surface area contributed by atoms with Crippen molar-refractivity contribution in [3.8, 4) is 0 Å². The third-order valence-electron chi connectivity index (χ3n) is 4.11. The predicted molar refractivity (Wildman–Crippen MR) is 80.5 cm³/mol. The highest BCUT2D eigenvalue weighted by Gasteiger charge is 2.31. The Bertz CT molecular complexity index is 641. The molecule has 1 unspecified atom stereocenters. The topological polar surface area (TPSA) is 26.0 Å². The summed E-state index contributed by atoms with van der Waals surface area (Å²) in [7, 11) is 0. The molecule has 2 N–H and O–H groups in total. The molecule has 3 rings (SSSR count). The van der Waals surface area contributed by atoms with Gasteiger partial charge in [0.25, 0.3) is 0 Å². The molecule has 1 nitrogen and oxygen atoms in total. The molecule has 104 valence electrons. The van der Waals surface area contributed by atoms with Gasteiger partial charge in [-0.05, 0) is 54.5 Å². The Balaban J connectivity index is 1.84. The Morgan fingerprint density at radius 3 is 2.65 bits per heavy atom. The average molecular weight is 290 g/mol. The third-order valence-corrected chi connectivity index (χ3v) is 4.35. The fraction of sp³-hybridized carbons (Fsp3) is 0.294. The molecule has 0 fully saturated rings. The largest absolute Gasteiger partial charge is 0.324 e. The van der Waals surface area contributed by atoms with Crippen LogP contribution < -0.4 is 5.73 Å². The van der Waals surface area contributed by atoms with Gasteiger partial charge in [-0.3, -0.25) is 0 Å². The standard InChI is InChI=1S/C17H17ClFN/c18-15-6-5-14(16(19)9-15)11-17(20)8-7-12-3-1-2-4-13(12)10-17/h1-6,9H,7-8,10-11,20H2. The lowest BCUT2D eigenvalue weighted by atomic mass is 9.75. The van der Waals surface area contributed by atoms with Gasteiger partial charge >= 0.3 is 0 Å². The van der Waals surface area contributed by atoms with E-state index in [1.54, 1.807) is 12.1 Å². The number of benzene rings is 2. The summed E-state index contributed by atoms with van der Waals surface area (Å²) in [5.74, 6) is -0.263. The first-order chi connectivity index (χ1) is 9.56. The monoisotopic (exact) mass is 289 g/mol. The second kappa shape index (κ2) is 5.19. The molecule has 2 aromatic carbocycles.